The van der Waals surface area contributed by atoms with Crippen molar-refractivity contribution < 1.29 is 22.3 Å². The summed E-state index contributed by atoms with van der Waals surface area (Å²) in [7, 11) is 0. The number of halogens is 4. The van der Waals surface area contributed by atoms with Gasteiger partial charge in [-0.1, -0.05) is 15.9 Å². The lowest BCUT2D eigenvalue weighted by Crippen LogP contribution is -2.45. The molecular weight excluding hydrogens is 389 g/mol. The van der Waals surface area contributed by atoms with E-state index >= 15 is 0 Å². The molecule has 0 aliphatic carbocycles. The van der Waals surface area contributed by atoms with E-state index < -0.39 is 6.36 Å². The standard InChI is InChI=1S/C16H16BrF3N2O2/c17-12-8-11(9-13(10-12)24-16(18,19)20)15(14-2-1-7-23-14)22-5-3-21-4-6-22/h1-2,7-10,15,21H,3-6H2/t15-/m0/s1. The number of alkyl halides is 3. The molecule has 4 nitrogen and oxygen atoms in total. The first-order chi connectivity index (χ1) is 11.4. The fourth-order valence-electron chi connectivity index (χ4n) is 2.88. The van der Waals surface area contributed by atoms with Crippen molar-refractivity contribution >= 4 is 15.9 Å². The third-order valence-electron chi connectivity index (χ3n) is 3.77. The molecule has 0 unspecified atom stereocenters. The molecule has 2 heterocycles. The van der Waals surface area contributed by atoms with Crippen molar-refractivity contribution in [2.45, 2.75) is 12.4 Å². The summed E-state index contributed by atoms with van der Waals surface area (Å²) in [6.07, 6.45) is -3.16. The maximum Gasteiger partial charge on any atom is 0.573 e. The smallest absolute Gasteiger partial charge is 0.467 e. The van der Waals surface area contributed by atoms with Crippen LogP contribution in [0.15, 0.2) is 45.5 Å². The van der Waals surface area contributed by atoms with Gasteiger partial charge in [-0.3, -0.25) is 4.90 Å². The summed E-state index contributed by atoms with van der Waals surface area (Å²) in [6, 6.07) is 7.84. The van der Waals surface area contributed by atoms with Crippen LogP contribution in [0.1, 0.15) is 17.4 Å². The molecule has 0 amide bonds. The molecule has 1 aromatic heterocycles. The molecule has 1 aliphatic heterocycles. The van der Waals surface area contributed by atoms with Gasteiger partial charge in [0, 0.05) is 30.7 Å². The van der Waals surface area contributed by atoms with Crippen LogP contribution >= 0.6 is 15.9 Å². The predicted molar refractivity (Wildman–Crippen MR) is 85.8 cm³/mol. The molecule has 0 bridgehead atoms. The van der Waals surface area contributed by atoms with Gasteiger partial charge < -0.3 is 14.5 Å². The molecule has 1 fully saturated rings. The second-order valence-corrected chi connectivity index (χ2v) is 6.39. The topological polar surface area (TPSA) is 37.6 Å². The highest BCUT2D eigenvalue weighted by Crippen LogP contribution is 2.35. The summed E-state index contributed by atoms with van der Waals surface area (Å²) in [5.41, 5.74) is 0.681. The molecule has 0 saturated carbocycles. The van der Waals surface area contributed by atoms with Gasteiger partial charge in [-0.05, 0) is 35.9 Å². The van der Waals surface area contributed by atoms with Gasteiger partial charge in [-0.2, -0.15) is 0 Å². The fourth-order valence-corrected chi connectivity index (χ4v) is 3.37. The number of furan rings is 1. The van der Waals surface area contributed by atoms with Crippen LogP contribution < -0.4 is 10.1 Å². The number of nitrogens with one attached hydrogen (secondary N) is 1. The van der Waals surface area contributed by atoms with Crippen LogP contribution in [0.5, 0.6) is 5.75 Å². The number of nitrogens with zero attached hydrogens (tertiary/aromatic N) is 1. The molecule has 130 valence electrons. The van der Waals surface area contributed by atoms with Gasteiger partial charge in [0.15, 0.2) is 0 Å². The minimum absolute atomic E-state index is 0.251. The number of hydrogen-bond donors (Lipinski definition) is 1. The summed E-state index contributed by atoms with van der Waals surface area (Å²) in [6.45, 7) is 3.18. The van der Waals surface area contributed by atoms with E-state index in [2.05, 4.69) is 30.9 Å². The summed E-state index contributed by atoms with van der Waals surface area (Å²) in [5, 5.41) is 3.27. The van der Waals surface area contributed by atoms with E-state index in [1.54, 1.807) is 18.4 Å². The quantitative estimate of drug-likeness (QED) is 0.837. The van der Waals surface area contributed by atoms with Crippen molar-refractivity contribution in [3.05, 3.63) is 52.4 Å². The maximum atomic E-state index is 12.6. The van der Waals surface area contributed by atoms with Crippen LogP contribution in [-0.4, -0.2) is 37.4 Å². The molecule has 1 aromatic carbocycles. The molecule has 1 saturated heterocycles. The summed E-state index contributed by atoms with van der Waals surface area (Å²) < 4.78 is 47.8. The number of benzene rings is 1. The van der Waals surface area contributed by atoms with E-state index in [1.807, 2.05) is 6.07 Å². The van der Waals surface area contributed by atoms with Crippen LogP contribution in [0.2, 0.25) is 0 Å². The van der Waals surface area contributed by atoms with Crippen LogP contribution in [0.4, 0.5) is 13.2 Å². The summed E-state index contributed by atoms with van der Waals surface area (Å²) in [4.78, 5) is 2.18. The van der Waals surface area contributed by atoms with Crippen molar-refractivity contribution in [1.82, 2.24) is 10.2 Å². The molecule has 8 heteroatoms. The van der Waals surface area contributed by atoms with Crippen molar-refractivity contribution in [3.63, 3.8) is 0 Å². The first kappa shape index (κ1) is 17.3. The van der Waals surface area contributed by atoms with E-state index in [1.165, 1.54) is 12.1 Å². The minimum atomic E-state index is -4.73. The van der Waals surface area contributed by atoms with Gasteiger partial charge >= 0.3 is 6.36 Å². The lowest BCUT2D eigenvalue weighted by Gasteiger charge is -2.34. The molecule has 1 aliphatic rings. The third kappa shape index (κ3) is 4.31. The van der Waals surface area contributed by atoms with Crippen LogP contribution in [0, 0.1) is 0 Å². The molecular formula is C16H16BrF3N2O2. The van der Waals surface area contributed by atoms with E-state index in [0.717, 1.165) is 26.2 Å². The fraction of sp³-hybridized carbons (Fsp3) is 0.375. The van der Waals surface area contributed by atoms with Crippen molar-refractivity contribution in [1.29, 1.82) is 0 Å². The van der Waals surface area contributed by atoms with Gasteiger partial charge in [-0.15, -0.1) is 13.2 Å². The Morgan fingerprint density at radius 1 is 1.21 bits per heavy atom. The second-order valence-electron chi connectivity index (χ2n) is 5.47. The SMILES string of the molecule is FC(F)(F)Oc1cc(Br)cc([C@@H](c2ccco2)N2CCNCC2)c1. The van der Waals surface area contributed by atoms with Gasteiger partial charge in [0.05, 0.1) is 12.3 Å². The molecule has 2 aromatic rings. The molecule has 3 rings (SSSR count). The lowest BCUT2D eigenvalue weighted by molar-refractivity contribution is -0.274. The monoisotopic (exact) mass is 404 g/mol. The van der Waals surface area contributed by atoms with Gasteiger partial charge in [0.25, 0.3) is 0 Å². The Kier molecular flexibility index (Phi) is 5.17. The average molecular weight is 405 g/mol. The number of ether oxygens (including phenoxy) is 1. The Bertz CT molecular complexity index is 670. The van der Waals surface area contributed by atoms with Gasteiger partial charge in [0.2, 0.25) is 0 Å². The Labute approximate surface area is 145 Å². The molecule has 1 N–H and O–H groups in total. The Morgan fingerprint density at radius 2 is 1.96 bits per heavy atom. The number of rotatable bonds is 4. The second kappa shape index (κ2) is 7.16. The zero-order chi connectivity index (χ0) is 17.2. The van der Waals surface area contributed by atoms with Crippen molar-refractivity contribution in [2.24, 2.45) is 0 Å². The maximum absolute atomic E-state index is 12.6. The van der Waals surface area contributed by atoms with Crippen LogP contribution in [0.3, 0.4) is 0 Å². The summed E-state index contributed by atoms with van der Waals surface area (Å²) >= 11 is 3.27. The molecule has 0 radical (unpaired) electrons. The van der Waals surface area contributed by atoms with Gasteiger partial charge in [0.1, 0.15) is 11.5 Å². The largest absolute Gasteiger partial charge is 0.573 e. The number of hydrogen-bond acceptors (Lipinski definition) is 4. The normalized spacial score (nSPS) is 17.7. The highest BCUT2D eigenvalue weighted by atomic mass is 79.9. The molecule has 0 spiro atoms. The first-order valence-corrected chi connectivity index (χ1v) is 8.26. The zero-order valence-electron chi connectivity index (χ0n) is 12.6. The highest BCUT2D eigenvalue weighted by molar-refractivity contribution is 9.10. The highest BCUT2D eigenvalue weighted by Gasteiger charge is 2.32. The van der Waals surface area contributed by atoms with E-state index in [4.69, 9.17) is 4.42 Å². The predicted octanol–water partition coefficient (Wildman–Crippen LogP) is 3.94. The third-order valence-corrected chi connectivity index (χ3v) is 4.23. The first-order valence-electron chi connectivity index (χ1n) is 7.47. The number of piperazine rings is 1. The zero-order valence-corrected chi connectivity index (χ0v) is 14.2. The average Bonchev–Trinajstić information content (AvgIpc) is 3.00. The van der Waals surface area contributed by atoms with E-state index in [9.17, 15) is 13.2 Å². The van der Waals surface area contributed by atoms with Crippen LogP contribution in [0.25, 0.3) is 0 Å². The Balaban J connectivity index is 1.97. The minimum Gasteiger partial charge on any atom is -0.467 e. The molecule has 24 heavy (non-hydrogen) atoms. The van der Waals surface area contributed by atoms with Crippen molar-refractivity contribution in [2.75, 3.05) is 26.2 Å². The van der Waals surface area contributed by atoms with Crippen molar-refractivity contribution in [3.8, 4) is 5.75 Å². The van der Waals surface area contributed by atoms with E-state index in [-0.39, 0.29) is 11.8 Å². The Morgan fingerprint density at radius 3 is 2.58 bits per heavy atom. The van der Waals surface area contributed by atoms with Crippen LogP contribution in [-0.2, 0) is 0 Å². The van der Waals surface area contributed by atoms with E-state index in [0.29, 0.717) is 15.8 Å². The lowest BCUT2D eigenvalue weighted by atomic mass is 10.0. The Hall–Kier alpha value is -1.51. The summed E-state index contributed by atoms with van der Waals surface area (Å²) in [5.74, 6) is 0.437. The van der Waals surface area contributed by atoms with Gasteiger partial charge in [-0.25, -0.2) is 0 Å². The molecule has 1 atom stereocenters.